The summed E-state index contributed by atoms with van der Waals surface area (Å²) in [5.41, 5.74) is 0. The van der Waals surface area contributed by atoms with Gasteiger partial charge in [-0.25, -0.2) is 0 Å². The number of halogens is 1. The van der Waals surface area contributed by atoms with E-state index in [-0.39, 0.29) is 17.4 Å². The highest BCUT2D eigenvalue weighted by Gasteiger charge is 2.25. The fraction of sp³-hybridized carbons (Fsp3) is 0.900. The second-order valence-electron chi connectivity index (χ2n) is 3.22. The molecule has 0 aromatic carbocycles. The first-order valence-electron chi connectivity index (χ1n) is 5.12. The van der Waals surface area contributed by atoms with Crippen LogP contribution in [-0.2, 0) is 4.74 Å². The highest BCUT2D eigenvalue weighted by Crippen LogP contribution is 2.18. The van der Waals surface area contributed by atoms with Crippen molar-refractivity contribution in [3.63, 3.8) is 0 Å². The Balaban J connectivity index is 4.31. The fourth-order valence-electron chi connectivity index (χ4n) is 1.44. The van der Waals surface area contributed by atoms with Gasteiger partial charge in [-0.1, -0.05) is 6.92 Å². The molecule has 0 saturated heterocycles. The molecular weight excluding hydrogens is 200 g/mol. The molecule has 0 aliphatic carbocycles. The largest absolute Gasteiger partial charge is 0.376 e. The van der Waals surface area contributed by atoms with Crippen molar-refractivity contribution in [2.75, 3.05) is 20.2 Å². The monoisotopic (exact) mass is 220 g/mol. The Hall–Kier alpha value is -0.120. The zero-order valence-electron chi connectivity index (χ0n) is 9.22. The van der Waals surface area contributed by atoms with Crippen molar-refractivity contribution < 1.29 is 4.74 Å². The Bertz CT molecular complexity index is 149. The number of hydrogen-bond donors (Lipinski definition) is 2. The van der Waals surface area contributed by atoms with Gasteiger partial charge < -0.3 is 15.5 Å². The molecule has 0 aromatic rings. The van der Waals surface area contributed by atoms with Crippen molar-refractivity contribution in [1.82, 2.24) is 5.32 Å². The van der Waals surface area contributed by atoms with Gasteiger partial charge in [0.05, 0.1) is 6.10 Å². The highest BCUT2D eigenvalue weighted by molar-refractivity contribution is 6.21. The van der Waals surface area contributed by atoms with Crippen LogP contribution >= 0.6 is 11.6 Å². The summed E-state index contributed by atoms with van der Waals surface area (Å²) in [6.45, 7) is 5.37. The molecular formula is C10H21ClN2O. The van der Waals surface area contributed by atoms with E-state index >= 15 is 0 Å². The first-order chi connectivity index (χ1) is 6.71. The maximum Gasteiger partial charge on any atom is 0.0790 e. The van der Waals surface area contributed by atoms with Crippen LogP contribution < -0.4 is 5.32 Å². The summed E-state index contributed by atoms with van der Waals surface area (Å²) in [5.74, 6) is -0.00549. The van der Waals surface area contributed by atoms with E-state index < -0.39 is 0 Å². The molecule has 0 radical (unpaired) electrons. The Morgan fingerprint density at radius 2 is 2.14 bits per heavy atom. The van der Waals surface area contributed by atoms with Crippen LogP contribution in [0.3, 0.4) is 0 Å². The minimum Gasteiger partial charge on any atom is -0.376 e. The van der Waals surface area contributed by atoms with Crippen LogP contribution in [0.2, 0.25) is 0 Å². The van der Waals surface area contributed by atoms with Gasteiger partial charge >= 0.3 is 0 Å². The van der Waals surface area contributed by atoms with E-state index in [9.17, 15) is 0 Å². The average Bonchev–Trinajstić information content (AvgIpc) is 2.19. The molecule has 0 aliphatic rings. The smallest absolute Gasteiger partial charge is 0.0790 e. The summed E-state index contributed by atoms with van der Waals surface area (Å²) in [6, 6.07) is 0. The third kappa shape index (κ3) is 4.40. The molecule has 14 heavy (non-hydrogen) atoms. The standard InChI is InChI=1S/C10H21ClN2O/c1-4-9(11)8(6-12)10(7-13-3)14-5-2/h6,8-10,12-13H,4-5,7H2,1-3H3/t8?,9-,10?/m0/s1. The quantitative estimate of drug-likeness (QED) is 0.485. The van der Waals surface area contributed by atoms with E-state index in [1.807, 2.05) is 20.9 Å². The van der Waals surface area contributed by atoms with Gasteiger partial charge in [0.15, 0.2) is 0 Å². The maximum atomic E-state index is 7.36. The third-order valence-corrected chi connectivity index (χ3v) is 2.82. The summed E-state index contributed by atoms with van der Waals surface area (Å²) in [5, 5.41) is 10.4. The van der Waals surface area contributed by atoms with E-state index in [4.69, 9.17) is 21.7 Å². The summed E-state index contributed by atoms with van der Waals surface area (Å²) >= 11 is 6.14. The summed E-state index contributed by atoms with van der Waals surface area (Å²) in [7, 11) is 1.88. The molecule has 0 aromatic heterocycles. The van der Waals surface area contributed by atoms with Crippen LogP contribution in [0, 0.1) is 11.3 Å². The zero-order valence-corrected chi connectivity index (χ0v) is 9.97. The van der Waals surface area contributed by atoms with E-state index in [0.717, 1.165) is 13.0 Å². The van der Waals surface area contributed by atoms with Crippen molar-refractivity contribution in [3.8, 4) is 0 Å². The van der Waals surface area contributed by atoms with Gasteiger partial charge in [0.1, 0.15) is 0 Å². The van der Waals surface area contributed by atoms with Crippen molar-refractivity contribution in [1.29, 1.82) is 5.41 Å². The Morgan fingerprint density at radius 1 is 1.50 bits per heavy atom. The molecule has 2 N–H and O–H groups in total. The second-order valence-corrected chi connectivity index (χ2v) is 3.78. The molecule has 84 valence electrons. The number of alkyl halides is 1. The van der Waals surface area contributed by atoms with Gasteiger partial charge in [-0.2, -0.15) is 0 Å². The maximum absolute atomic E-state index is 7.36. The molecule has 0 amide bonds. The average molecular weight is 221 g/mol. The topological polar surface area (TPSA) is 45.1 Å². The second kappa shape index (κ2) is 8.21. The lowest BCUT2D eigenvalue weighted by Crippen LogP contribution is -2.38. The first kappa shape index (κ1) is 13.9. The molecule has 0 heterocycles. The molecule has 0 rings (SSSR count). The molecule has 3 nitrogen and oxygen atoms in total. The summed E-state index contributed by atoms with van der Waals surface area (Å²) in [6.07, 6.45) is 2.26. The van der Waals surface area contributed by atoms with Gasteiger partial charge in [-0.3, -0.25) is 0 Å². The van der Waals surface area contributed by atoms with E-state index in [1.165, 1.54) is 6.21 Å². The van der Waals surface area contributed by atoms with Crippen LogP contribution in [0.5, 0.6) is 0 Å². The minimum atomic E-state index is -0.0163. The van der Waals surface area contributed by atoms with Crippen LogP contribution in [0.15, 0.2) is 0 Å². The molecule has 0 bridgehead atoms. The number of rotatable bonds is 8. The molecule has 0 fully saturated rings. The van der Waals surface area contributed by atoms with Crippen LogP contribution in [0.1, 0.15) is 20.3 Å². The van der Waals surface area contributed by atoms with Crippen molar-refractivity contribution in [2.45, 2.75) is 31.7 Å². The Morgan fingerprint density at radius 3 is 2.50 bits per heavy atom. The predicted octanol–water partition coefficient (Wildman–Crippen LogP) is 1.89. The highest BCUT2D eigenvalue weighted by atomic mass is 35.5. The number of hydrogen-bond acceptors (Lipinski definition) is 3. The van der Waals surface area contributed by atoms with Crippen molar-refractivity contribution >= 4 is 17.8 Å². The summed E-state index contributed by atoms with van der Waals surface area (Å²) in [4.78, 5) is 0. The lowest BCUT2D eigenvalue weighted by molar-refractivity contribution is 0.0404. The normalized spacial score (nSPS) is 17.4. The number of nitrogens with one attached hydrogen (secondary N) is 2. The molecule has 4 heteroatoms. The number of ether oxygens (including phenoxy) is 1. The predicted molar refractivity (Wildman–Crippen MR) is 61.5 cm³/mol. The Labute approximate surface area is 91.7 Å². The third-order valence-electron chi connectivity index (χ3n) is 2.22. The van der Waals surface area contributed by atoms with Crippen molar-refractivity contribution in [3.05, 3.63) is 0 Å². The fourth-order valence-corrected chi connectivity index (χ4v) is 1.67. The molecule has 0 aliphatic heterocycles. The molecule has 3 atom stereocenters. The molecule has 0 spiro atoms. The lowest BCUT2D eigenvalue weighted by atomic mass is 9.97. The van der Waals surface area contributed by atoms with Crippen LogP contribution in [0.25, 0.3) is 0 Å². The molecule has 2 unspecified atom stereocenters. The SMILES string of the molecule is CCOC(CNC)C(C=N)[C@@H](Cl)CC. The van der Waals surface area contributed by atoms with E-state index in [2.05, 4.69) is 5.32 Å². The van der Waals surface area contributed by atoms with Gasteiger partial charge in [-0.05, 0) is 20.4 Å². The lowest BCUT2D eigenvalue weighted by Gasteiger charge is -2.26. The zero-order chi connectivity index (χ0) is 11.0. The van der Waals surface area contributed by atoms with Crippen LogP contribution in [-0.4, -0.2) is 37.9 Å². The van der Waals surface area contributed by atoms with Crippen LogP contribution in [0.4, 0.5) is 0 Å². The van der Waals surface area contributed by atoms with E-state index in [1.54, 1.807) is 0 Å². The van der Waals surface area contributed by atoms with Gasteiger partial charge in [0.2, 0.25) is 0 Å². The van der Waals surface area contributed by atoms with E-state index in [0.29, 0.717) is 6.61 Å². The van der Waals surface area contributed by atoms with Gasteiger partial charge in [-0.15, -0.1) is 11.6 Å². The van der Waals surface area contributed by atoms with Gasteiger partial charge in [0, 0.05) is 30.7 Å². The van der Waals surface area contributed by atoms with Gasteiger partial charge in [0.25, 0.3) is 0 Å². The number of likely N-dealkylation sites (N-methyl/N-ethyl adjacent to an activating group) is 1. The first-order valence-corrected chi connectivity index (χ1v) is 5.55. The molecule has 0 saturated carbocycles. The van der Waals surface area contributed by atoms with Crippen molar-refractivity contribution in [2.24, 2.45) is 5.92 Å². The Kier molecular flexibility index (Phi) is 8.14. The minimum absolute atomic E-state index is 0.00458. The summed E-state index contributed by atoms with van der Waals surface area (Å²) < 4.78 is 5.56.